The van der Waals surface area contributed by atoms with Crippen molar-refractivity contribution in [2.24, 2.45) is 0 Å². The monoisotopic (exact) mass is 372 g/mol. The summed E-state index contributed by atoms with van der Waals surface area (Å²) in [4.78, 5) is 41.2. The lowest BCUT2D eigenvalue weighted by molar-refractivity contribution is -0.384. The van der Waals surface area contributed by atoms with E-state index >= 15 is 0 Å². The van der Waals surface area contributed by atoms with Crippen molar-refractivity contribution >= 4 is 11.6 Å². The molecule has 1 atom stereocenters. The number of hydrogen-bond acceptors (Lipinski definition) is 6. The average molecular weight is 372 g/mol. The van der Waals surface area contributed by atoms with Crippen molar-refractivity contribution in [1.29, 1.82) is 0 Å². The van der Waals surface area contributed by atoms with Gasteiger partial charge in [-0.05, 0) is 18.4 Å². The molecule has 1 amide bonds. The van der Waals surface area contributed by atoms with Gasteiger partial charge in [0.2, 0.25) is 11.8 Å². The minimum Gasteiger partial charge on any atom is -0.493 e. The lowest BCUT2D eigenvalue weighted by atomic mass is 9.89. The summed E-state index contributed by atoms with van der Waals surface area (Å²) in [5.74, 6) is -1.48. The van der Waals surface area contributed by atoms with Crippen molar-refractivity contribution in [2.75, 3.05) is 0 Å². The lowest BCUT2D eigenvalue weighted by Crippen LogP contribution is -2.34. The van der Waals surface area contributed by atoms with Crippen LogP contribution in [0, 0.1) is 10.1 Å². The summed E-state index contributed by atoms with van der Waals surface area (Å²) in [6, 6.07) is 5.70. The van der Waals surface area contributed by atoms with Gasteiger partial charge in [-0.2, -0.15) is 0 Å². The Balaban J connectivity index is 1.92. The van der Waals surface area contributed by atoms with E-state index in [2.05, 4.69) is 15.3 Å². The Morgan fingerprint density at radius 2 is 2.00 bits per heavy atom. The van der Waals surface area contributed by atoms with Crippen molar-refractivity contribution in [1.82, 2.24) is 15.3 Å². The van der Waals surface area contributed by atoms with Crippen LogP contribution in [0.3, 0.4) is 0 Å². The smallest absolute Gasteiger partial charge is 0.269 e. The summed E-state index contributed by atoms with van der Waals surface area (Å²) in [5.41, 5.74) is -0.180. The van der Waals surface area contributed by atoms with Crippen LogP contribution in [0.2, 0.25) is 0 Å². The van der Waals surface area contributed by atoms with E-state index in [1.165, 1.54) is 24.3 Å². The minimum atomic E-state index is -0.773. The number of carbonyl (C=O) groups excluding carboxylic acids is 1. The number of nitro benzene ring substituents is 1. The van der Waals surface area contributed by atoms with E-state index in [0.717, 1.165) is 32.0 Å². The molecule has 1 saturated carbocycles. The van der Waals surface area contributed by atoms with E-state index in [-0.39, 0.29) is 29.6 Å². The molecule has 0 aliphatic heterocycles. The number of hydrogen-bond donors (Lipinski definition) is 3. The lowest BCUT2D eigenvalue weighted by Gasteiger charge is -2.19. The van der Waals surface area contributed by atoms with Gasteiger partial charge in [-0.15, -0.1) is 0 Å². The Morgan fingerprint density at radius 3 is 2.59 bits per heavy atom. The summed E-state index contributed by atoms with van der Waals surface area (Å²) >= 11 is 0. The standard InChI is InChI=1S/C18H20N4O5/c23-15(21-12-3-1-2-4-12)9-14(16-17(24)19-10-20-18(16)25)11-5-7-13(8-6-11)22(26)27/h5-8,10,12,14H,1-4,9H2,(H,21,23)(H2,19,20,24,25). The maximum Gasteiger partial charge on any atom is 0.269 e. The fraction of sp³-hybridized carbons (Fsp3) is 0.389. The Bertz CT molecular complexity index is 887. The first kappa shape index (κ1) is 18.6. The summed E-state index contributed by atoms with van der Waals surface area (Å²) < 4.78 is 0. The highest BCUT2D eigenvalue weighted by molar-refractivity contribution is 5.78. The number of H-pyrrole nitrogens is 1. The second-order valence-electron chi connectivity index (χ2n) is 6.62. The van der Waals surface area contributed by atoms with Crippen LogP contribution in [0.5, 0.6) is 5.88 Å². The maximum atomic E-state index is 12.5. The zero-order valence-corrected chi connectivity index (χ0v) is 14.6. The summed E-state index contributed by atoms with van der Waals surface area (Å²) in [6.07, 6.45) is 4.99. The van der Waals surface area contributed by atoms with Crippen LogP contribution in [0.1, 0.15) is 49.1 Å². The molecule has 3 N–H and O–H groups in total. The molecule has 1 fully saturated rings. The van der Waals surface area contributed by atoms with Crippen LogP contribution in [-0.2, 0) is 4.79 Å². The third kappa shape index (κ3) is 4.30. The first-order chi connectivity index (χ1) is 13.0. The van der Waals surface area contributed by atoms with Crippen LogP contribution in [0.4, 0.5) is 5.69 Å². The third-order valence-electron chi connectivity index (χ3n) is 4.83. The first-order valence-corrected chi connectivity index (χ1v) is 8.76. The highest BCUT2D eigenvalue weighted by atomic mass is 16.6. The van der Waals surface area contributed by atoms with E-state index in [9.17, 15) is 24.8 Å². The van der Waals surface area contributed by atoms with E-state index in [1.807, 2.05) is 0 Å². The van der Waals surface area contributed by atoms with Crippen molar-refractivity contribution in [3.05, 3.63) is 62.2 Å². The molecule has 9 nitrogen and oxygen atoms in total. The molecule has 0 bridgehead atoms. The number of nitro groups is 1. The number of rotatable bonds is 6. The largest absolute Gasteiger partial charge is 0.493 e. The van der Waals surface area contributed by atoms with Gasteiger partial charge in [0.15, 0.2) is 0 Å². The van der Waals surface area contributed by atoms with Crippen molar-refractivity contribution in [3.63, 3.8) is 0 Å². The van der Waals surface area contributed by atoms with E-state index < -0.39 is 22.3 Å². The number of benzene rings is 1. The Labute approximate surface area is 154 Å². The van der Waals surface area contributed by atoms with Gasteiger partial charge < -0.3 is 15.4 Å². The molecule has 142 valence electrons. The molecule has 1 unspecified atom stereocenters. The normalized spacial score (nSPS) is 15.4. The average Bonchev–Trinajstić information content (AvgIpc) is 3.13. The van der Waals surface area contributed by atoms with Crippen molar-refractivity contribution < 1.29 is 14.8 Å². The van der Waals surface area contributed by atoms with Crippen LogP contribution in [0.25, 0.3) is 0 Å². The number of carbonyl (C=O) groups is 1. The van der Waals surface area contributed by atoms with Gasteiger partial charge in [0.25, 0.3) is 11.2 Å². The Hall–Kier alpha value is -3.23. The summed E-state index contributed by atoms with van der Waals surface area (Å²) in [7, 11) is 0. The minimum absolute atomic E-state index is 0.0343. The van der Waals surface area contributed by atoms with E-state index in [1.54, 1.807) is 0 Å². The third-order valence-corrected chi connectivity index (χ3v) is 4.83. The molecule has 0 saturated heterocycles. The molecule has 1 aliphatic rings. The number of non-ortho nitro benzene ring substituents is 1. The number of nitrogens with zero attached hydrogens (tertiary/aromatic N) is 2. The van der Waals surface area contributed by atoms with Gasteiger partial charge in [0, 0.05) is 30.5 Å². The Morgan fingerprint density at radius 1 is 1.33 bits per heavy atom. The van der Waals surface area contributed by atoms with Gasteiger partial charge in [-0.25, -0.2) is 4.98 Å². The number of aromatic nitrogens is 2. The van der Waals surface area contributed by atoms with Crippen molar-refractivity contribution in [3.8, 4) is 5.88 Å². The number of aromatic hydroxyl groups is 1. The van der Waals surface area contributed by atoms with Gasteiger partial charge in [0.05, 0.1) is 16.8 Å². The second-order valence-corrected chi connectivity index (χ2v) is 6.62. The zero-order valence-electron chi connectivity index (χ0n) is 14.6. The maximum absolute atomic E-state index is 12.5. The van der Waals surface area contributed by atoms with E-state index in [0.29, 0.717) is 5.56 Å². The SMILES string of the molecule is O=C(CC(c1ccc([N+](=O)[O-])cc1)c1c(O)nc[nH]c1=O)NC1CCCC1. The summed E-state index contributed by atoms with van der Waals surface area (Å²) in [6.45, 7) is 0. The van der Waals surface area contributed by atoms with Gasteiger partial charge >= 0.3 is 0 Å². The van der Waals surface area contributed by atoms with Crippen LogP contribution < -0.4 is 10.9 Å². The molecule has 27 heavy (non-hydrogen) atoms. The fourth-order valence-electron chi connectivity index (χ4n) is 3.47. The molecule has 1 aromatic heterocycles. The number of amides is 1. The fourth-order valence-corrected chi connectivity index (χ4v) is 3.47. The van der Waals surface area contributed by atoms with Crippen LogP contribution in [0.15, 0.2) is 35.4 Å². The van der Waals surface area contributed by atoms with Gasteiger partial charge in [0.1, 0.15) is 0 Å². The zero-order chi connectivity index (χ0) is 19.4. The Kier molecular flexibility index (Phi) is 5.49. The molecular formula is C18H20N4O5. The quantitative estimate of drug-likeness (QED) is 0.523. The second kappa shape index (κ2) is 7.98. The molecule has 3 rings (SSSR count). The molecule has 1 aromatic carbocycles. The molecule has 0 spiro atoms. The van der Waals surface area contributed by atoms with Crippen LogP contribution >= 0.6 is 0 Å². The number of aromatic amines is 1. The number of nitrogens with one attached hydrogen (secondary N) is 2. The predicted molar refractivity (Wildman–Crippen MR) is 96.5 cm³/mol. The molecule has 0 radical (unpaired) electrons. The molecule has 9 heteroatoms. The topological polar surface area (TPSA) is 138 Å². The van der Waals surface area contributed by atoms with E-state index in [4.69, 9.17) is 0 Å². The highest BCUT2D eigenvalue weighted by Gasteiger charge is 2.27. The van der Waals surface area contributed by atoms with Crippen LogP contribution in [-0.4, -0.2) is 31.9 Å². The summed E-state index contributed by atoms with van der Waals surface area (Å²) in [5, 5.41) is 23.9. The molecule has 1 aliphatic carbocycles. The molecule has 1 heterocycles. The predicted octanol–water partition coefficient (Wildman–Crippen LogP) is 1.96. The molecular weight excluding hydrogens is 352 g/mol. The van der Waals surface area contributed by atoms with Gasteiger partial charge in [-0.3, -0.25) is 19.7 Å². The molecule has 2 aromatic rings. The first-order valence-electron chi connectivity index (χ1n) is 8.76. The van der Waals surface area contributed by atoms with Crippen molar-refractivity contribution in [2.45, 2.75) is 44.1 Å². The highest BCUT2D eigenvalue weighted by Crippen LogP contribution is 2.31. The van der Waals surface area contributed by atoms with Gasteiger partial charge in [-0.1, -0.05) is 25.0 Å².